The van der Waals surface area contributed by atoms with Crippen LogP contribution < -0.4 is 11.2 Å². The maximum atomic E-state index is 11.9. The number of nitrogens with one attached hydrogen (secondary N) is 1. The summed E-state index contributed by atoms with van der Waals surface area (Å²) in [6.07, 6.45) is -3.78. The molecular formula is C13H20N2O8. The number of aromatic amines is 1. The van der Waals surface area contributed by atoms with Crippen molar-refractivity contribution in [3.63, 3.8) is 0 Å². The minimum absolute atomic E-state index is 0.117. The molecule has 0 aliphatic carbocycles. The van der Waals surface area contributed by atoms with E-state index in [0.717, 1.165) is 16.8 Å². The maximum absolute atomic E-state index is 11.9. The fourth-order valence-corrected chi connectivity index (χ4v) is 2.49. The van der Waals surface area contributed by atoms with Gasteiger partial charge in [0, 0.05) is 19.4 Å². The van der Waals surface area contributed by atoms with Gasteiger partial charge >= 0.3 is 5.69 Å². The zero-order valence-electron chi connectivity index (χ0n) is 12.7. The third-order valence-electron chi connectivity index (χ3n) is 3.51. The molecule has 0 aromatic carbocycles. The van der Waals surface area contributed by atoms with Crippen LogP contribution in [0.5, 0.6) is 0 Å². The third kappa shape index (κ3) is 3.37. The van der Waals surface area contributed by atoms with Gasteiger partial charge in [-0.05, 0) is 6.92 Å². The molecule has 4 N–H and O–H groups in total. The van der Waals surface area contributed by atoms with Gasteiger partial charge in [0.2, 0.25) is 5.79 Å². The van der Waals surface area contributed by atoms with Crippen molar-refractivity contribution >= 4 is 0 Å². The summed E-state index contributed by atoms with van der Waals surface area (Å²) in [5, 5.41) is 30.2. The Balaban J connectivity index is 2.41. The Morgan fingerprint density at radius 3 is 2.78 bits per heavy atom. The molecule has 5 atom stereocenters. The molecule has 10 nitrogen and oxygen atoms in total. The van der Waals surface area contributed by atoms with Crippen molar-refractivity contribution in [3.05, 3.63) is 33.1 Å². The monoisotopic (exact) mass is 332 g/mol. The minimum atomic E-state index is -2.31. The van der Waals surface area contributed by atoms with Crippen LogP contribution in [0.3, 0.4) is 0 Å². The number of methoxy groups -OCH3 is 1. The molecule has 1 unspecified atom stereocenters. The second kappa shape index (κ2) is 6.91. The molecule has 0 radical (unpaired) electrons. The highest BCUT2D eigenvalue weighted by molar-refractivity contribution is 4.98. The fraction of sp³-hybridized carbons (Fsp3) is 0.692. The number of aromatic nitrogens is 2. The minimum Gasteiger partial charge on any atom is -0.394 e. The number of ether oxygens (including phenoxy) is 3. The molecule has 2 rings (SSSR count). The molecule has 0 amide bonds. The van der Waals surface area contributed by atoms with Crippen LogP contribution in [0.1, 0.15) is 13.2 Å². The average molecular weight is 332 g/mol. The van der Waals surface area contributed by atoms with Gasteiger partial charge in [-0.2, -0.15) is 0 Å². The second-order valence-corrected chi connectivity index (χ2v) is 5.31. The normalized spacial score (nSPS) is 32.1. The van der Waals surface area contributed by atoms with Gasteiger partial charge < -0.3 is 29.5 Å². The van der Waals surface area contributed by atoms with E-state index in [2.05, 4.69) is 0 Å². The average Bonchev–Trinajstić information content (AvgIpc) is 2.71. The lowest BCUT2D eigenvalue weighted by atomic mass is 10.1. The van der Waals surface area contributed by atoms with Crippen LogP contribution in [0.4, 0.5) is 0 Å². The van der Waals surface area contributed by atoms with Crippen molar-refractivity contribution < 1.29 is 29.5 Å². The topological polar surface area (TPSA) is 143 Å². The summed E-state index contributed by atoms with van der Waals surface area (Å²) >= 11 is 0. The van der Waals surface area contributed by atoms with E-state index >= 15 is 0 Å². The molecule has 1 saturated heterocycles. The first-order valence-corrected chi connectivity index (χ1v) is 6.98. The van der Waals surface area contributed by atoms with Gasteiger partial charge in [0.1, 0.15) is 12.2 Å². The summed E-state index contributed by atoms with van der Waals surface area (Å²) in [6.45, 7) is 1.11. The standard InChI is InChI=1S/C13H20N2O8/c1-7(6-21-2)23-13(20)10(18)8(5-16)22-11(13)15-4-3-9(17)14-12(15)19/h3-4,7-8,10-11,16,18,20H,5-6H2,1-2H3,(H,14,17,19)/t7?,8-,10-,11-,13+/m1/s1. The lowest BCUT2D eigenvalue weighted by Crippen LogP contribution is -2.53. The van der Waals surface area contributed by atoms with E-state index in [4.69, 9.17) is 14.2 Å². The number of nitrogens with zero attached hydrogens (tertiary/aromatic N) is 1. The first-order valence-electron chi connectivity index (χ1n) is 6.98. The Bertz CT molecular complexity index is 643. The van der Waals surface area contributed by atoms with Crippen molar-refractivity contribution in [3.8, 4) is 0 Å². The summed E-state index contributed by atoms with van der Waals surface area (Å²) in [4.78, 5) is 25.1. The summed E-state index contributed by atoms with van der Waals surface area (Å²) in [5.74, 6) is -2.31. The molecule has 130 valence electrons. The SMILES string of the molecule is COCC(C)O[C@@]1(O)[C@H](O)[C@@H](CO)O[C@H]1n1ccc(=O)[nH]c1=O. The highest BCUT2D eigenvalue weighted by atomic mass is 16.7. The number of H-pyrrole nitrogens is 1. The molecule has 1 aromatic heterocycles. The number of aliphatic hydroxyl groups is 3. The molecule has 0 bridgehead atoms. The Hall–Kier alpha value is -1.56. The first kappa shape index (κ1) is 17.8. The van der Waals surface area contributed by atoms with E-state index < -0.39 is 48.2 Å². The zero-order valence-corrected chi connectivity index (χ0v) is 12.7. The predicted molar refractivity (Wildman–Crippen MR) is 75.7 cm³/mol. The molecule has 1 fully saturated rings. The number of hydrogen-bond acceptors (Lipinski definition) is 8. The van der Waals surface area contributed by atoms with E-state index in [1.54, 1.807) is 6.92 Å². The van der Waals surface area contributed by atoms with Crippen molar-refractivity contribution in [2.75, 3.05) is 20.3 Å². The van der Waals surface area contributed by atoms with Crippen LogP contribution in [0.25, 0.3) is 0 Å². The quantitative estimate of drug-likeness (QED) is 0.420. The Kier molecular flexibility index (Phi) is 5.34. The van der Waals surface area contributed by atoms with Crippen molar-refractivity contribution in [2.45, 2.75) is 37.3 Å². The van der Waals surface area contributed by atoms with Crippen LogP contribution >= 0.6 is 0 Å². The number of rotatable bonds is 6. The van der Waals surface area contributed by atoms with E-state index in [0.29, 0.717) is 0 Å². The van der Waals surface area contributed by atoms with Crippen LogP contribution in [0, 0.1) is 0 Å². The molecule has 10 heteroatoms. The van der Waals surface area contributed by atoms with Crippen LogP contribution in [0.15, 0.2) is 21.9 Å². The molecule has 2 heterocycles. The predicted octanol–water partition coefficient (Wildman–Crippen LogP) is -2.47. The Labute approximate surface area is 130 Å². The molecule has 23 heavy (non-hydrogen) atoms. The molecule has 0 saturated carbocycles. The van der Waals surface area contributed by atoms with Crippen molar-refractivity contribution in [2.24, 2.45) is 0 Å². The molecule has 1 aromatic rings. The Morgan fingerprint density at radius 1 is 1.52 bits per heavy atom. The van der Waals surface area contributed by atoms with E-state index in [1.165, 1.54) is 7.11 Å². The Morgan fingerprint density at radius 2 is 2.22 bits per heavy atom. The van der Waals surface area contributed by atoms with Gasteiger partial charge in [-0.25, -0.2) is 4.79 Å². The molecule has 1 aliphatic heterocycles. The molecule has 0 spiro atoms. The van der Waals surface area contributed by atoms with Crippen molar-refractivity contribution in [1.82, 2.24) is 9.55 Å². The van der Waals surface area contributed by atoms with E-state index in [9.17, 15) is 24.9 Å². The lowest BCUT2D eigenvalue weighted by molar-refractivity contribution is -0.298. The summed E-state index contributed by atoms with van der Waals surface area (Å²) in [5.41, 5.74) is -1.48. The number of hydrogen-bond donors (Lipinski definition) is 4. The van der Waals surface area contributed by atoms with Gasteiger partial charge in [-0.3, -0.25) is 14.3 Å². The zero-order chi connectivity index (χ0) is 17.2. The van der Waals surface area contributed by atoms with Crippen LogP contribution in [-0.2, 0) is 14.2 Å². The highest BCUT2D eigenvalue weighted by Gasteiger charge is 2.58. The van der Waals surface area contributed by atoms with Gasteiger partial charge in [0.25, 0.3) is 5.56 Å². The summed E-state index contributed by atoms with van der Waals surface area (Å²) in [7, 11) is 1.44. The van der Waals surface area contributed by atoms with Gasteiger partial charge in [-0.1, -0.05) is 0 Å². The van der Waals surface area contributed by atoms with E-state index in [-0.39, 0.29) is 6.61 Å². The summed E-state index contributed by atoms with van der Waals surface area (Å²) in [6, 6.07) is 1.06. The summed E-state index contributed by atoms with van der Waals surface area (Å²) < 4.78 is 16.6. The fourth-order valence-electron chi connectivity index (χ4n) is 2.49. The van der Waals surface area contributed by atoms with E-state index in [1.807, 2.05) is 4.98 Å². The van der Waals surface area contributed by atoms with Gasteiger partial charge in [0.15, 0.2) is 6.23 Å². The van der Waals surface area contributed by atoms with Crippen LogP contribution in [0.2, 0.25) is 0 Å². The lowest BCUT2D eigenvalue weighted by Gasteiger charge is -2.33. The maximum Gasteiger partial charge on any atom is 0.330 e. The van der Waals surface area contributed by atoms with Gasteiger partial charge in [-0.15, -0.1) is 0 Å². The van der Waals surface area contributed by atoms with Crippen LogP contribution in [-0.4, -0.2) is 69.3 Å². The second-order valence-electron chi connectivity index (χ2n) is 5.31. The number of aliphatic hydroxyl groups excluding tert-OH is 2. The highest BCUT2D eigenvalue weighted by Crippen LogP contribution is 2.39. The van der Waals surface area contributed by atoms with Gasteiger partial charge in [0.05, 0.1) is 19.3 Å². The smallest absolute Gasteiger partial charge is 0.330 e. The molecule has 1 aliphatic rings. The molecular weight excluding hydrogens is 312 g/mol. The largest absolute Gasteiger partial charge is 0.394 e. The van der Waals surface area contributed by atoms with Crippen molar-refractivity contribution in [1.29, 1.82) is 0 Å². The first-order chi connectivity index (χ1) is 10.8. The third-order valence-corrected chi connectivity index (χ3v) is 3.51.